The summed E-state index contributed by atoms with van der Waals surface area (Å²) in [6.45, 7) is 2.11. The number of halogens is 1. The van der Waals surface area contributed by atoms with Crippen molar-refractivity contribution in [2.75, 3.05) is 13.1 Å². The summed E-state index contributed by atoms with van der Waals surface area (Å²) in [4.78, 5) is 8.66. The van der Waals surface area contributed by atoms with Gasteiger partial charge in [0.15, 0.2) is 0 Å². The van der Waals surface area contributed by atoms with Gasteiger partial charge in [-0.3, -0.25) is 4.98 Å². The summed E-state index contributed by atoms with van der Waals surface area (Å²) in [5.41, 5.74) is 0.719. The lowest BCUT2D eigenvalue weighted by Gasteiger charge is -2.01. The first-order valence-electron chi connectivity index (χ1n) is 5.97. The van der Waals surface area contributed by atoms with Crippen LogP contribution < -0.4 is 5.32 Å². The van der Waals surface area contributed by atoms with Crippen LogP contribution >= 0.6 is 15.9 Å². The number of aromatic nitrogens is 3. The standard InChI is InChI=1S/C12H13BrN4O/c13-9-2-1-4-15-11(9)12-16-10(18-17-12)6-8-3-5-14-7-8/h1-2,4,8,14H,3,5-7H2. The van der Waals surface area contributed by atoms with Crippen LogP contribution in [-0.4, -0.2) is 28.2 Å². The Labute approximate surface area is 113 Å². The maximum atomic E-state index is 5.29. The van der Waals surface area contributed by atoms with Gasteiger partial charge in [0.2, 0.25) is 11.7 Å². The maximum Gasteiger partial charge on any atom is 0.227 e. The summed E-state index contributed by atoms with van der Waals surface area (Å²) in [5.74, 6) is 1.84. The normalized spacial score (nSPS) is 19.3. The smallest absolute Gasteiger partial charge is 0.227 e. The molecule has 1 saturated heterocycles. The summed E-state index contributed by atoms with van der Waals surface area (Å²) >= 11 is 3.44. The highest BCUT2D eigenvalue weighted by molar-refractivity contribution is 9.10. The molecule has 94 valence electrons. The van der Waals surface area contributed by atoms with Crippen molar-refractivity contribution >= 4 is 15.9 Å². The Morgan fingerprint density at radius 3 is 3.22 bits per heavy atom. The van der Waals surface area contributed by atoms with Gasteiger partial charge in [0.25, 0.3) is 0 Å². The Kier molecular flexibility index (Phi) is 3.38. The Morgan fingerprint density at radius 2 is 2.44 bits per heavy atom. The Hall–Kier alpha value is -1.27. The zero-order chi connectivity index (χ0) is 12.4. The SMILES string of the molecule is Brc1cccnc1-c1noc(CC2CCNC2)n1. The number of hydrogen-bond donors (Lipinski definition) is 1. The molecule has 2 aromatic rings. The molecule has 2 aromatic heterocycles. The Morgan fingerprint density at radius 1 is 1.50 bits per heavy atom. The van der Waals surface area contributed by atoms with Gasteiger partial charge in [-0.25, -0.2) is 0 Å². The van der Waals surface area contributed by atoms with E-state index in [-0.39, 0.29) is 0 Å². The third-order valence-corrected chi connectivity index (χ3v) is 3.70. The second-order valence-electron chi connectivity index (χ2n) is 4.41. The molecule has 6 heteroatoms. The molecule has 0 aromatic carbocycles. The molecular formula is C12H13BrN4O. The quantitative estimate of drug-likeness (QED) is 0.940. The van der Waals surface area contributed by atoms with Crippen molar-refractivity contribution in [1.29, 1.82) is 0 Å². The van der Waals surface area contributed by atoms with Crippen LogP contribution in [0.3, 0.4) is 0 Å². The lowest BCUT2D eigenvalue weighted by atomic mass is 10.1. The van der Waals surface area contributed by atoms with Gasteiger partial charge in [-0.1, -0.05) is 5.16 Å². The molecule has 1 unspecified atom stereocenters. The highest BCUT2D eigenvalue weighted by Crippen LogP contribution is 2.23. The van der Waals surface area contributed by atoms with E-state index in [0.717, 1.165) is 29.7 Å². The fraction of sp³-hybridized carbons (Fsp3) is 0.417. The van der Waals surface area contributed by atoms with Crippen molar-refractivity contribution in [3.8, 4) is 11.5 Å². The van der Waals surface area contributed by atoms with E-state index in [9.17, 15) is 0 Å². The van der Waals surface area contributed by atoms with Gasteiger partial charge in [-0.2, -0.15) is 4.98 Å². The van der Waals surface area contributed by atoms with Gasteiger partial charge in [-0.05, 0) is 53.5 Å². The van der Waals surface area contributed by atoms with E-state index in [4.69, 9.17) is 4.52 Å². The van der Waals surface area contributed by atoms with Crippen LogP contribution in [0.2, 0.25) is 0 Å². The number of pyridine rings is 1. The van der Waals surface area contributed by atoms with Crippen molar-refractivity contribution in [2.24, 2.45) is 5.92 Å². The van der Waals surface area contributed by atoms with Crippen LogP contribution in [0, 0.1) is 5.92 Å². The van der Waals surface area contributed by atoms with E-state index in [2.05, 4.69) is 36.4 Å². The van der Waals surface area contributed by atoms with E-state index in [1.54, 1.807) is 6.20 Å². The van der Waals surface area contributed by atoms with Crippen LogP contribution in [0.4, 0.5) is 0 Å². The molecular weight excluding hydrogens is 296 g/mol. The van der Waals surface area contributed by atoms with Crippen molar-refractivity contribution in [3.05, 3.63) is 28.7 Å². The fourth-order valence-corrected chi connectivity index (χ4v) is 2.55. The second kappa shape index (κ2) is 5.16. The first-order valence-corrected chi connectivity index (χ1v) is 6.76. The van der Waals surface area contributed by atoms with Crippen molar-refractivity contribution in [3.63, 3.8) is 0 Å². The average Bonchev–Trinajstić information content (AvgIpc) is 3.02. The largest absolute Gasteiger partial charge is 0.339 e. The Balaban J connectivity index is 1.79. The van der Waals surface area contributed by atoms with Crippen LogP contribution in [0.1, 0.15) is 12.3 Å². The molecule has 0 radical (unpaired) electrons. The Bertz CT molecular complexity index is 536. The van der Waals surface area contributed by atoms with Crippen LogP contribution in [0.5, 0.6) is 0 Å². The van der Waals surface area contributed by atoms with Gasteiger partial charge < -0.3 is 9.84 Å². The van der Waals surface area contributed by atoms with Gasteiger partial charge in [0, 0.05) is 17.1 Å². The highest BCUT2D eigenvalue weighted by Gasteiger charge is 2.19. The van der Waals surface area contributed by atoms with Gasteiger partial charge >= 0.3 is 0 Å². The second-order valence-corrected chi connectivity index (χ2v) is 5.26. The molecule has 0 saturated carbocycles. The summed E-state index contributed by atoms with van der Waals surface area (Å²) in [6.07, 6.45) is 3.73. The van der Waals surface area contributed by atoms with E-state index in [1.165, 1.54) is 6.42 Å². The average molecular weight is 309 g/mol. The lowest BCUT2D eigenvalue weighted by molar-refractivity contribution is 0.358. The number of hydrogen-bond acceptors (Lipinski definition) is 5. The van der Waals surface area contributed by atoms with Gasteiger partial charge in [-0.15, -0.1) is 0 Å². The highest BCUT2D eigenvalue weighted by atomic mass is 79.9. The summed E-state index contributed by atoms with van der Waals surface area (Å²) in [7, 11) is 0. The molecule has 3 heterocycles. The minimum Gasteiger partial charge on any atom is -0.339 e. The topological polar surface area (TPSA) is 63.8 Å². The predicted molar refractivity (Wildman–Crippen MR) is 69.9 cm³/mol. The van der Waals surface area contributed by atoms with E-state index in [1.807, 2.05) is 12.1 Å². The molecule has 1 N–H and O–H groups in total. The van der Waals surface area contributed by atoms with E-state index < -0.39 is 0 Å². The zero-order valence-corrected chi connectivity index (χ0v) is 11.4. The summed E-state index contributed by atoms with van der Waals surface area (Å²) in [6, 6.07) is 3.78. The molecule has 0 bridgehead atoms. The molecule has 18 heavy (non-hydrogen) atoms. The molecule has 0 amide bonds. The van der Waals surface area contributed by atoms with Gasteiger partial charge in [0.05, 0.1) is 0 Å². The minimum absolute atomic E-state index is 0.545. The molecule has 3 rings (SSSR count). The molecule has 1 atom stereocenters. The van der Waals surface area contributed by atoms with Crippen LogP contribution in [0.25, 0.3) is 11.5 Å². The molecule has 0 aliphatic carbocycles. The lowest BCUT2D eigenvalue weighted by Crippen LogP contribution is -2.10. The first kappa shape index (κ1) is 11.8. The third kappa shape index (κ3) is 2.44. The van der Waals surface area contributed by atoms with Crippen molar-refractivity contribution < 1.29 is 4.52 Å². The molecule has 1 fully saturated rings. The monoisotopic (exact) mass is 308 g/mol. The molecule has 1 aliphatic heterocycles. The van der Waals surface area contributed by atoms with Crippen LogP contribution in [0.15, 0.2) is 27.3 Å². The first-order chi connectivity index (χ1) is 8.83. The van der Waals surface area contributed by atoms with Gasteiger partial charge in [0.1, 0.15) is 5.69 Å². The fourth-order valence-electron chi connectivity index (χ4n) is 2.12. The number of nitrogens with one attached hydrogen (secondary N) is 1. The van der Waals surface area contributed by atoms with Crippen molar-refractivity contribution in [1.82, 2.24) is 20.4 Å². The van der Waals surface area contributed by atoms with Crippen LogP contribution in [-0.2, 0) is 6.42 Å². The molecule has 5 nitrogen and oxygen atoms in total. The number of nitrogens with zero attached hydrogens (tertiary/aromatic N) is 3. The minimum atomic E-state index is 0.545. The zero-order valence-electron chi connectivity index (χ0n) is 9.77. The van der Waals surface area contributed by atoms with E-state index >= 15 is 0 Å². The van der Waals surface area contributed by atoms with Crippen molar-refractivity contribution in [2.45, 2.75) is 12.8 Å². The number of rotatable bonds is 3. The molecule has 1 aliphatic rings. The predicted octanol–water partition coefficient (Wildman–Crippen LogP) is 2.05. The summed E-state index contributed by atoms with van der Waals surface area (Å²) in [5, 5.41) is 7.32. The maximum absolute atomic E-state index is 5.29. The molecule has 0 spiro atoms. The van der Waals surface area contributed by atoms with E-state index in [0.29, 0.717) is 17.6 Å². The summed E-state index contributed by atoms with van der Waals surface area (Å²) < 4.78 is 6.16. The third-order valence-electron chi connectivity index (χ3n) is 3.06.